The third-order valence-electron chi connectivity index (χ3n) is 7.48. The Morgan fingerprint density at radius 2 is 1.10 bits per heavy atom. The van der Waals surface area contributed by atoms with Crippen molar-refractivity contribution in [3.8, 4) is 0 Å². The van der Waals surface area contributed by atoms with Crippen LogP contribution in [0.25, 0.3) is 0 Å². The van der Waals surface area contributed by atoms with E-state index in [1.54, 1.807) is 14.0 Å². The van der Waals surface area contributed by atoms with Gasteiger partial charge in [-0.25, -0.2) is 0 Å². The van der Waals surface area contributed by atoms with E-state index in [1.807, 2.05) is 13.8 Å². The number of ether oxygens (including phenoxy) is 3. The van der Waals surface area contributed by atoms with Crippen LogP contribution in [0.4, 0.5) is 0 Å². The van der Waals surface area contributed by atoms with Crippen LogP contribution in [-0.2, 0) is 23.8 Å². The molecule has 0 bridgehead atoms. The highest BCUT2D eigenvalue weighted by atomic mass is 16.6. The summed E-state index contributed by atoms with van der Waals surface area (Å²) < 4.78 is 15.7. The van der Waals surface area contributed by atoms with Gasteiger partial charge in [-0.3, -0.25) is 9.59 Å². The first-order valence-electron chi connectivity index (χ1n) is 14.4. The first kappa shape index (κ1) is 40.0. The van der Waals surface area contributed by atoms with E-state index in [4.69, 9.17) is 14.2 Å². The summed E-state index contributed by atoms with van der Waals surface area (Å²) in [6, 6.07) is 0. The van der Waals surface area contributed by atoms with Gasteiger partial charge in [0, 0.05) is 13.7 Å². The molecule has 0 aliphatic heterocycles. The summed E-state index contributed by atoms with van der Waals surface area (Å²) in [4.78, 5) is 25.0. The van der Waals surface area contributed by atoms with Crippen LogP contribution in [-0.4, -0.2) is 63.2 Å². The molecule has 0 aromatic rings. The van der Waals surface area contributed by atoms with Crippen molar-refractivity contribution in [2.45, 2.75) is 123 Å². The smallest absolute Gasteiger partial charge is 0.312 e. The van der Waals surface area contributed by atoms with E-state index in [0.29, 0.717) is 33.0 Å². The van der Waals surface area contributed by atoms with Crippen molar-refractivity contribution in [3.05, 3.63) is 0 Å². The highest BCUT2D eigenvalue weighted by Gasteiger charge is 2.48. The van der Waals surface area contributed by atoms with Crippen molar-refractivity contribution in [2.24, 2.45) is 32.5 Å². The number of aliphatic hydroxyl groups excluding tert-OH is 1. The van der Waals surface area contributed by atoms with E-state index >= 15 is 0 Å². The topological polar surface area (TPSA) is 94.1 Å². The van der Waals surface area contributed by atoms with Crippen LogP contribution in [0.1, 0.15) is 117 Å². The van der Waals surface area contributed by atoms with Gasteiger partial charge in [0.2, 0.25) is 5.91 Å². The summed E-state index contributed by atoms with van der Waals surface area (Å²) in [5.74, 6) is -0.105. The molecule has 3 unspecified atom stereocenters. The molecular weight excluding hydrogens is 494 g/mol. The summed E-state index contributed by atoms with van der Waals surface area (Å²) in [7, 11) is 1.63. The van der Waals surface area contributed by atoms with Crippen LogP contribution in [0.15, 0.2) is 0 Å². The van der Waals surface area contributed by atoms with Crippen molar-refractivity contribution in [3.63, 3.8) is 0 Å². The van der Waals surface area contributed by atoms with E-state index in [1.165, 1.54) is 0 Å². The Labute approximate surface area is 241 Å². The van der Waals surface area contributed by atoms with Gasteiger partial charge in [-0.15, -0.1) is 0 Å². The lowest BCUT2D eigenvalue weighted by Gasteiger charge is -2.44. The Morgan fingerprint density at radius 3 is 1.46 bits per heavy atom. The molecule has 0 aliphatic rings. The van der Waals surface area contributed by atoms with Crippen molar-refractivity contribution >= 4 is 11.9 Å². The maximum Gasteiger partial charge on any atom is 0.312 e. The molecular formula is C32H65NO6. The molecule has 2 N–H and O–H groups in total. The zero-order valence-electron chi connectivity index (χ0n) is 28.5. The summed E-state index contributed by atoms with van der Waals surface area (Å²) in [5.41, 5.74) is -1.09. The van der Waals surface area contributed by atoms with Crippen molar-refractivity contribution in [1.29, 1.82) is 0 Å². The highest BCUT2D eigenvalue weighted by molar-refractivity contribution is 5.83. The Balaban J connectivity index is 0. The van der Waals surface area contributed by atoms with Crippen LogP contribution in [0.5, 0.6) is 0 Å². The number of nitrogens with one attached hydrogen (secondary N) is 1. The predicted molar refractivity (Wildman–Crippen MR) is 162 cm³/mol. The van der Waals surface area contributed by atoms with Gasteiger partial charge in [-0.1, -0.05) is 90.0 Å². The minimum atomic E-state index is -0.516. The first-order valence-corrected chi connectivity index (χ1v) is 14.4. The average Bonchev–Trinajstić information content (AvgIpc) is 2.70. The summed E-state index contributed by atoms with van der Waals surface area (Å²) in [6.07, 6.45) is 1.09. The van der Waals surface area contributed by atoms with E-state index in [9.17, 15) is 14.7 Å². The van der Waals surface area contributed by atoms with Crippen molar-refractivity contribution in [2.75, 3.05) is 40.1 Å². The number of carbonyl (C=O) groups is 2. The number of amides is 1. The van der Waals surface area contributed by atoms with Gasteiger partial charge in [-0.05, 0) is 48.3 Å². The maximum absolute atomic E-state index is 12.6. The number of esters is 1. The first-order chi connectivity index (χ1) is 17.2. The van der Waals surface area contributed by atoms with Gasteiger partial charge in [0.1, 0.15) is 6.61 Å². The van der Waals surface area contributed by atoms with E-state index in [2.05, 4.69) is 88.4 Å². The molecule has 0 heterocycles. The van der Waals surface area contributed by atoms with Gasteiger partial charge in [0.25, 0.3) is 0 Å². The zero-order valence-corrected chi connectivity index (χ0v) is 28.5. The predicted octanol–water partition coefficient (Wildman–Crippen LogP) is 6.65. The summed E-state index contributed by atoms with van der Waals surface area (Å²) in [6.45, 7) is 33.3. The molecule has 0 aliphatic carbocycles. The molecule has 39 heavy (non-hydrogen) atoms. The molecule has 0 aromatic heterocycles. The average molecular weight is 560 g/mol. The Kier molecular flexibility index (Phi) is 16.1. The van der Waals surface area contributed by atoms with E-state index in [-0.39, 0.29) is 33.5 Å². The lowest BCUT2D eigenvalue weighted by atomic mass is 9.61. The van der Waals surface area contributed by atoms with Crippen LogP contribution in [0, 0.1) is 32.5 Å². The second kappa shape index (κ2) is 15.7. The van der Waals surface area contributed by atoms with Crippen molar-refractivity contribution < 1.29 is 28.9 Å². The zero-order chi connectivity index (χ0) is 31.5. The Morgan fingerprint density at radius 1 is 0.692 bits per heavy atom. The third kappa shape index (κ3) is 15.4. The molecule has 0 aromatic carbocycles. The monoisotopic (exact) mass is 559 g/mol. The normalized spacial score (nSPS) is 16.7. The largest absolute Gasteiger partial charge is 0.463 e. The molecule has 3 atom stereocenters. The van der Waals surface area contributed by atoms with Gasteiger partial charge >= 0.3 is 5.97 Å². The van der Waals surface area contributed by atoms with Crippen LogP contribution in [0.2, 0.25) is 0 Å². The van der Waals surface area contributed by atoms with Crippen LogP contribution >= 0.6 is 0 Å². The number of aliphatic hydroxyl groups is 1. The summed E-state index contributed by atoms with van der Waals surface area (Å²) in [5, 5.41) is 12.2. The Hall–Kier alpha value is -1.18. The van der Waals surface area contributed by atoms with Gasteiger partial charge in [-0.2, -0.15) is 0 Å². The second-order valence-corrected chi connectivity index (χ2v) is 15.9. The number of hydrogen-bond donors (Lipinski definition) is 2. The fourth-order valence-corrected chi connectivity index (χ4v) is 4.48. The Bertz CT molecular complexity index is 721. The standard InChI is InChI=1S/C17H34O4.C15H31NO2/c1-15(2,3)13-17(7,16(4,5)6)14(18)21-12-11-20-10-9-19-8;1-11(17)9-16-12(18)15(8,14(5,6)7)10-13(2,3)4/h9-13H2,1-8H3;11,17H,9-10H2,1-8H3,(H,16,18). The molecule has 0 saturated heterocycles. The lowest BCUT2D eigenvalue weighted by molar-refractivity contribution is -0.166. The van der Waals surface area contributed by atoms with E-state index < -0.39 is 16.9 Å². The molecule has 7 nitrogen and oxygen atoms in total. The fourth-order valence-electron chi connectivity index (χ4n) is 4.48. The SMILES string of the molecule is CC(O)CNC(=O)C(C)(CC(C)(C)C)C(C)(C)C.COCCOCCOC(=O)C(C)(CC(C)(C)C)C(C)(C)C. The molecule has 1 amide bonds. The molecule has 0 radical (unpaired) electrons. The highest BCUT2D eigenvalue weighted by Crippen LogP contribution is 2.48. The van der Waals surface area contributed by atoms with Gasteiger partial charge in [0.15, 0.2) is 0 Å². The summed E-state index contributed by atoms with van der Waals surface area (Å²) >= 11 is 0. The minimum Gasteiger partial charge on any atom is -0.463 e. The van der Waals surface area contributed by atoms with Crippen LogP contribution < -0.4 is 5.32 Å². The maximum atomic E-state index is 12.6. The second-order valence-electron chi connectivity index (χ2n) is 15.9. The number of hydrogen-bond acceptors (Lipinski definition) is 6. The fraction of sp³-hybridized carbons (Fsp3) is 0.938. The molecule has 0 spiro atoms. The number of rotatable bonds is 12. The number of methoxy groups -OCH3 is 1. The molecule has 7 heteroatoms. The molecule has 0 fully saturated rings. The molecule has 0 saturated carbocycles. The number of carbonyl (C=O) groups excluding carboxylic acids is 2. The molecule has 0 rings (SSSR count). The third-order valence-corrected chi connectivity index (χ3v) is 7.48. The minimum absolute atomic E-state index is 0.0332. The lowest BCUT2D eigenvalue weighted by Crippen LogP contribution is -2.50. The quantitative estimate of drug-likeness (QED) is 0.205. The van der Waals surface area contributed by atoms with Gasteiger partial charge in [0.05, 0.1) is 36.8 Å². The van der Waals surface area contributed by atoms with E-state index in [0.717, 1.165) is 12.8 Å². The van der Waals surface area contributed by atoms with Crippen molar-refractivity contribution in [1.82, 2.24) is 5.32 Å². The van der Waals surface area contributed by atoms with Gasteiger partial charge < -0.3 is 24.6 Å². The van der Waals surface area contributed by atoms with Crippen LogP contribution in [0.3, 0.4) is 0 Å². The molecule has 234 valence electrons.